The van der Waals surface area contributed by atoms with Gasteiger partial charge in [-0.25, -0.2) is 13.5 Å². The quantitative estimate of drug-likeness (QED) is 0.669. The van der Waals surface area contributed by atoms with Crippen molar-refractivity contribution in [3.8, 4) is 0 Å². The van der Waals surface area contributed by atoms with Crippen LogP contribution in [0.4, 0.5) is 8.78 Å². The molecule has 0 fully saturated rings. The summed E-state index contributed by atoms with van der Waals surface area (Å²) < 4.78 is 44.4. The molecule has 0 radical (unpaired) electrons. The summed E-state index contributed by atoms with van der Waals surface area (Å²) >= 11 is 0. The van der Waals surface area contributed by atoms with Gasteiger partial charge in [0.15, 0.2) is 0 Å². The second kappa shape index (κ2) is 4.05. The van der Waals surface area contributed by atoms with E-state index in [9.17, 15) is 17.2 Å². The smallest absolute Gasteiger partial charge is 0.210 e. The van der Waals surface area contributed by atoms with E-state index >= 15 is 0 Å². The van der Waals surface area contributed by atoms with E-state index in [1.807, 2.05) is 0 Å². The molecule has 0 heterocycles. The highest BCUT2D eigenvalue weighted by atomic mass is 35.7. The Morgan fingerprint density at radius 1 is 1.50 bits per heavy atom. The Morgan fingerprint density at radius 2 is 2.00 bits per heavy atom. The van der Waals surface area contributed by atoms with Crippen LogP contribution in [0, 0.1) is 0 Å². The molecule has 0 aliphatic heterocycles. The number of hydrogen-bond acceptors (Lipinski definition) is 2. The van der Waals surface area contributed by atoms with Gasteiger partial charge in [-0.2, -0.15) is 8.42 Å². The third-order valence-corrected chi connectivity index (χ3v) is 1.51. The molecule has 0 aromatic carbocycles. The van der Waals surface area contributed by atoms with Crippen molar-refractivity contribution < 1.29 is 17.2 Å². The van der Waals surface area contributed by atoms with Crippen LogP contribution in [-0.4, -0.2) is 21.4 Å². The fraction of sp³-hybridized carbons (Fsp3) is 1.00. The Balaban J connectivity index is 3.39. The van der Waals surface area contributed by atoms with Gasteiger partial charge in [-0.15, -0.1) is 0 Å². The standard InChI is InChI=1S/C3H6ClF2NO2S/c4-10(8,9)7-2-1-3(5)6/h3,7H,1-2H2. The summed E-state index contributed by atoms with van der Waals surface area (Å²) in [6.07, 6.45) is -3.03. The van der Waals surface area contributed by atoms with E-state index in [1.165, 1.54) is 0 Å². The predicted molar refractivity (Wildman–Crippen MR) is 33.4 cm³/mol. The van der Waals surface area contributed by atoms with E-state index in [0.29, 0.717) is 0 Å². The molecule has 0 bridgehead atoms. The summed E-state index contributed by atoms with van der Waals surface area (Å²) in [4.78, 5) is 0. The number of nitrogens with one attached hydrogen (secondary N) is 1. The van der Waals surface area contributed by atoms with E-state index in [0.717, 1.165) is 0 Å². The highest BCUT2D eigenvalue weighted by molar-refractivity contribution is 8.12. The van der Waals surface area contributed by atoms with Crippen LogP contribution < -0.4 is 4.72 Å². The van der Waals surface area contributed by atoms with Crippen molar-refractivity contribution in [3.05, 3.63) is 0 Å². The van der Waals surface area contributed by atoms with Gasteiger partial charge in [-0.05, 0) is 0 Å². The summed E-state index contributed by atoms with van der Waals surface area (Å²) in [6, 6.07) is 0. The van der Waals surface area contributed by atoms with Crippen molar-refractivity contribution in [2.45, 2.75) is 12.8 Å². The number of halogens is 3. The zero-order valence-electron chi connectivity index (χ0n) is 4.85. The first-order valence-electron chi connectivity index (χ1n) is 2.39. The summed E-state index contributed by atoms with van der Waals surface area (Å²) in [5.74, 6) is 0. The molecule has 7 heteroatoms. The van der Waals surface area contributed by atoms with Crippen LogP contribution in [0.2, 0.25) is 0 Å². The van der Waals surface area contributed by atoms with E-state index in [4.69, 9.17) is 0 Å². The SMILES string of the molecule is O=S(=O)(Cl)NCCC(F)F. The normalized spacial score (nSPS) is 12.4. The third kappa shape index (κ3) is 8.06. The molecule has 1 N–H and O–H groups in total. The Kier molecular flexibility index (Phi) is 4.07. The first-order chi connectivity index (χ1) is 4.42. The molecule has 0 aromatic rings. The van der Waals surface area contributed by atoms with Crippen molar-refractivity contribution in [2.75, 3.05) is 6.54 Å². The van der Waals surface area contributed by atoms with Gasteiger partial charge in [0.1, 0.15) is 0 Å². The van der Waals surface area contributed by atoms with Gasteiger partial charge in [0.2, 0.25) is 6.43 Å². The van der Waals surface area contributed by atoms with E-state index < -0.39 is 22.1 Å². The fourth-order valence-corrected chi connectivity index (χ4v) is 0.883. The fourth-order valence-electron chi connectivity index (χ4n) is 0.290. The summed E-state index contributed by atoms with van der Waals surface area (Å²) in [5, 5.41) is 0. The van der Waals surface area contributed by atoms with Crippen LogP contribution >= 0.6 is 10.7 Å². The van der Waals surface area contributed by atoms with Gasteiger partial charge in [-0.3, -0.25) is 0 Å². The maximum atomic E-state index is 11.3. The number of alkyl halides is 2. The molecule has 0 saturated heterocycles. The Labute approximate surface area is 61.9 Å². The first-order valence-corrected chi connectivity index (χ1v) is 4.70. The molecular weight excluding hydrogens is 188 g/mol. The molecule has 62 valence electrons. The molecule has 0 spiro atoms. The van der Waals surface area contributed by atoms with E-state index in [-0.39, 0.29) is 6.54 Å². The minimum Gasteiger partial charge on any atom is -0.210 e. The Morgan fingerprint density at radius 3 is 2.30 bits per heavy atom. The van der Waals surface area contributed by atoms with Gasteiger partial charge in [0.25, 0.3) is 9.24 Å². The average molecular weight is 194 g/mol. The van der Waals surface area contributed by atoms with Crippen molar-refractivity contribution in [2.24, 2.45) is 0 Å². The lowest BCUT2D eigenvalue weighted by atomic mass is 10.5. The second-order valence-electron chi connectivity index (χ2n) is 1.51. The lowest BCUT2D eigenvalue weighted by molar-refractivity contribution is 0.139. The van der Waals surface area contributed by atoms with Gasteiger partial charge >= 0.3 is 0 Å². The maximum absolute atomic E-state index is 11.3. The monoisotopic (exact) mass is 193 g/mol. The Hall–Kier alpha value is 0.0600. The van der Waals surface area contributed by atoms with E-state index in [2.05, 4.69) is 10.7 Å². The van der Waals surface area contributed by atoms with Crippen LogP contribution in [0.5, 0.6) is 0 Å². The Bertz CT molecular complexity index is 181. The zero-order valence-corrected chi connectivity index (χ0v) is 6.42. The van der Waals surface area contributed by atoms with Crippen molar-refractivity contribution in [3.63, 3.8) is 0 Å². The molecule has 0 atom stereocenters. The van der Waals surface area contributed by atoms with Crippen molar-refractivity contribution >= 4 is 19.9 Å². The molecule has 0 aliphatic rings. The van der Waals surface area contributed by atoms with Gasteiger partial charge in [0.05, 0.1) is 0 Å². The van der Waals surface area contributed by atoms with Gasteiger partial charge < -0.3 is 0 Å². The van der Waals surface area contributed by atoms with Crippen LogP contribution in [0.3, 0.4) is 0 Å². The molecule has 0 saturated carbocycles. The molecule has 0 rings (SSSR count). The first kappa shape index (κ1) is 10.1. The molecule has 0 aromatic heterocycles. The minimum absolute atomic E-state index is 0.330. The van der Waals surface area contributed by atoms with Crippen LogP contribution in [0.15, 0.2) is 0 Å². The maximum Gasteiger partial charge on any atom is 0.297 e. The average Bonchev–Trinajstić information content (AvgIpc) is 1.59. The summed E-state index contributed by atoms with van der Waals surface area (Å²) in [5.41, 5.74) is 0. The largest absolute Gasteiger partial charge is 0.297 e. The number of hydrogen-bond donors (Lipinski definition) is 1. The molecule has 0 unspecified atom stereocenters. The predicted octanol–water partition coefficient (Wildman–Crippen LogP) is 0.715. The minimum atomic E-state index is -3.83. The summed E-state index contributed by atoms with van der Waals surface area (Å²) in [6.45, 7) is -0.330. The molecule has 3 nitrogen and oxygen atoms in total. The van der Waals surface area contributed by atoms with Gasteiger partial charge in [0, 0.05) is 23.6 Å². The number of rotatable bonds is 4. The van der Waals surface area contributed by atoms with Crippen LogP contribution in [0.1, 0.15) is 6.42 Å². The zero-order chi connectivity index (χ0) is 8.20. The highest BCUT2D eigenvalue weighted by Gasteiger charge is 2.06. The van der Waals surface area contributed by atoms with Crippen molar-refractivity contribution in [1.29, 1.82) is 0 Å². The third-order valence-electron chi connectivity index (χ3n) is 0.637. The second-order valence-corrected chi connectivity index (χ2v) is 3.90. The van der Waals surface area contributed by atoms with E-state index in [1.54, 1.807) is 4.72 Å². The van der Waals surface area contributed by atoms with Crippen molar-refractivity contribution in [1.82, 2.24) is 4.72 Å². The molecule has 10 heavy (non-hydrogen) atoms. The molecular formula is C3H6ClF2NO2S. The lowest BCUT2D eigenvalue weighted by Crippen LogP contribution is -2.20. The topological polar surface area (TPSA) is 46.2 Å². The molecule has 0 amide bonds. The van der Waals surface area contributed by atoms with Crippen LogP contribution in [-0.2, 0) is 9.24 Å². The van der Waals surface area contributed by atoms with Gasteiger partial charge in [-0.1, -0.05) is 0 Å². The summed E-state index contributed by atoms with van der Waals surface area (Å²) in [7, 11) is 0.802. The lowest BCUT2D eigenvalue weighted by Gasteiger charge is -1.97. The highest BCUT2D eigenvalue weighted by Crippen LogP contribution is 1.98. The molecule has 0 aliphatic carbocycles. The van der Waals surface area contributed by atoms with Crippen LogP contribution in [0.25, 0.3) is 0 Å².